The number of hydrogen-bond acceptors (Lipinski definition) is 5. The Morgan fingerprint density at radius 3 is 2.50 bits per heavy atom. The van der Waals surface area contributed by atoms with Crippen molar-refractivity contribution in [3.8, 4) is 11.5 Å². The molecule has 7 nitrogen and oxygen atoms in total. The Morgan fingerprint density at radius 2 is 1.75 bits per heavy atom. The fourth-order valence-corrected chi connectivity index (χ4v) is 4.81. The molecule has 182 valence electrons. The van der Waals surface area contributed by atoms with Crippen LogP contribution in [0.2, 0.25) is 0 Å². The Bertz CT molecular complexity index is 1380. The predicted molar refractivity (Wildman–Crippen MR) is 138 cm³/mol. The van der Waals surface area contributed by atoms with E-state index in [2.05, 4.69) is 6.58 Å². The summed E-state index contributed by atoms with van der Waals surface area (Å²) in [4.78, 5) is 31.0. The molecule has 7 heteroatoms. The molecule has 0 aromatic heterocycles. The van der Waals surface area contributed by atoms with Gasteiger partial charge in [0.15, 0.2) is 11.5 Å². The highest BCUT2D eigenvalue weighted by Crippen LogP contribution is 2.50. The Labute approximate surface area is 209 Å². The van der Waals surface area contributed by atoms with Crippen LogP contribution in [0.25, 0.3) is 6.08 Å². The maximum absolute atomic E-state index is 14.0. The lowest BCUT2D eigenvalue weighted by Crippen LogP contribution is -2.59. The van der Waals surface area contributed by atoms with Gasteiger partial charge in [-0.3, -0.25) is 14.5 Å². The standard InChI is InChI=1S/C29H26N2O5/c1-4-17-30-24-12-8-6-10-22(24)29(28(30)33)31(23-11-7-5-9-21(23)19-36-29)27(32)16-14-20-13-15-25(34-2)26(18-20)35-3/h4-16,18H,1,17,19H2,2-3H3/b16-14+/t29-/m1/s1. The normalized spacial score (nSPS) is 18.3. The van der Waals surface area contributed by atoms with Crippen molar-refractivity contribution in [3.63, 3.8) is 0 Å². The van der Waals surface area contributed by atoms with Crippen LogP contribution in [0.3, 0.4) is 0 Å². The summed E-state index contributed by atoms with van der Waals surface area (Å²) in [7, 11) is 3.12. The van der Waals surface area contributed by atoms with Gasteiger partial charge in [-0.25, -0.2) is 0 Å². The van der Waals surface area contributed by atoms with E-state index in [4.69, 9.17) is 14.2 Å². The third kappa shape index (κ3) is 3.56. The van der Waals surface area contributed by atoms with Gasteiger partial charge in [0.25, 0.3) is 17.5 Å². The highest BCUT2D eigenvalue weighted by Gasteiger charge is 2.59. The van der Waals surface area contributed by atoms with Crippen molar-refractivity contribution in [3.05, 3.63) is 102 Å². The van der Waals surface area contributed by atoms with Crippen LogP contribution in [0.15, 0.2) is 85.5 Å². The number of carbonyl (C=O) groups is 2. The van der Waals surface area contributed by atoms with Crippen molar-refractivity contribution >= 4 is 29.3 Å². The molecule has 2 amide bonds. The summed E-state index contributed by atoms with van der Waals surface area (Å²) >= 11 is 0. The lowest BCUT2D eigenvalue weighted by Gasteiger charge is -2.43. The van der Waals surface area contributed by atoms with E-state index in [-0.39, 0.29) is 18.4 Å². The molecule has 2 aliphatic rings. The monoisotopic (exact) mass is 482 g/mol. The second kappa shape index (κ2) is 9.36. The van der Waals surface area contributed by atoms with Gasteiger partial charge in [-0.2, -0.15) is 0 Å². The summed E-state index contributed by atoms with van der Waals surface area (Å²) in [6.07, 6.45) is 4.79. The molecule has 0 aliphatic carbocycles. The number of carbonyl (C=O) groups excluding carboxylic acids is 2. The third-order valence-corrected chi connectivity index (χ3v) is 6.44. The quantitative estimate of drug-likeness (QED) is 0.377. The summed E-state index contributed by atoms with van der Waals surface area (Å²) in [5.41, 5.74) is 1.90. The second-order valence-electron chi connectivity index (χ2n) is 8.40. The number of hydrogen-bond donors (Lipinski definition) is 0. The van der Waals surface area contributed by atoms with Gasteiger partial charge in [-0.05, 0) is 35.9 Å². The number of fused-ring (bicyclic) bond motifs is 3. The summed E-state index contributed by atoms with van der Waals surface area (Å²) in [6, 6.07) is 20.2. The topological polar surface area (TPSA) is 68.3 Å². The lowest BCUT2D eigenvalue weighted by molar-refractivity contribution is -0.151. The summed E-state index contributed by atoms with van der Waals surface area (Å²) in [5, 5.41) is 0. The van der Waals surface area contributed by atoms with Gasteiger partial charge in [0, 0.05) is 23.7 Å². The average molecular weight is 483 g/mol. The van der Waals surface area contributed by atoms with E-state index >= 15 is 0 Å². The number of anilines is 2. The van der Waals surface area contributed by atoms with Crippen LogP contribution in [-0.2, 0) is 26.7 Å². The Morgan fingerprint density at radius 1 is 1.03 bits per heavy atom. The van der Waals surface area contributed by atoms with Gasteiger partial charge >= 0.3 is 0 Å². The van der Waals surface area contributed by atoms with E-state index in [1.165, 1.54) is 11.0 Å². The number of para-hydroxylation sites is 2. The Kier molecular flexibility index (Phi) is 6.08. The smallest absolute Gasteiger partial charge is 0.286 e. The van der Waals surface area contributed by atoms with Crippen LogP contribution < -0.4 is 19.3 Å². The van der Waals surface area contributed by atoms with Crippen LogP contribution in [0.1, 0.15) is 16.7 Å². The molecule has 0 radical (unpaired) electrons. The Balaban J connectivity index is 1.62. The first-order chi connectivity index (χ1) is 17.5. The van der Waals surface area contributed by atoms with E-state index in [0.29, 0.717) is 35.0 Å². The number of nitrogens with zero attached hydrogens (tertiary/aromatic N) is 2. The van der Waals surface area contributed by atoms with Gasteiger partial charge in [-0.15, -0.1) is 6.58 Å². The molecule has 1 atom stereocenters. The second-order valence-corrected chi connectivity index (χ2v) is 8.40. The number of ether oxygens (including phenoxy) is 3. The average Bonchev–Trinajstić information content (AvgIpc) is 3.15. The molecule has 0 N–H and O–H groups in total. The molecule has 0 saturated carbocycles. The van der Waals surface area contributed by atoms with E-state index < -0.39 is 5.72 Å². The molecule has 3 aromatic rings. The van der Waals surface area contributed by atoms with Crippen LogP contribution in [0.5, 0.6) is 11.5 Å². The van der Waals surface area contributed by atoms with Crippen molar-refractivity contribution in [2.45, 2.75) is 12.3 Å². The maximum Gasteiger partial charge on any atom is 0.286 e. The van der Waals surface area contributed by atoms with E-state index in [9.17, 15) is 9.59 Å². The number of rotatable bonds is 6. The molecule has 0 fully saturated rings. The molecule has 0 saturated heterocycles. The molecular weight excluding hydrogens is 456 g/mol. The van der Waals surface area contributed by atoms with Crippen LogP contribution in [-0.4, -0.2) is 32.6 Å². The fraction of sp³-hybridized carbons (Fsp3) is 0.172. The van der Waals surface area contributed by atoms with Gasteiger partial charge in [0.05, 0.1) is 32.2 Å². The van der Waals surface area contributed by atoms with Crippen molar-refractivity contribution in [1.29, 1.82) is 0 Å². The van der Waals surface area contributed by atoms with Gasteiger partial charge in [-0.1, -0.05) is 48.5 Å². The first-order valence-corrected chi connectivity index (χ1v) is 11.5. The van der Waals surface area contributed by atoms with E-state index in [0.717, 1.165) is 11.1 Å². The van der Waals surface area contributed by atoms with Gasteiger partial charge in [0.2, 0.25) is 0 Å². The van der Waals surface area contributed by atoms with Crippen LogP contribution in [0, 0.1) is 0 Å². The molecule has 0 unspecified atom stereocenters. The SMILES string of the molecule is C=CCN1C(=O)[C@]2(OCc3ccccc3N2C(=O)/C=C/c2ccc(OC)c(OC)c2)c2ccccc21. The lowest BCUT2D eigenvalue weighted by atomic mass is 9.97. The fourth-order valence-electron chi connectivity index (χ4n) is 4.81. The molecule has 2 heterocycles. The zero-order chi connectivity index (χ0) is 25.3. The summed E-state index contributed by atoms with van der Waals surface area (Å²) in [5.74, 6) is 0.426. The van der Waals surface area contributed by atoms with Gasteiger partial charge in [0.1, 0.15) is 0 Å². The minimum Gasteiger partial charge on any atom is -0.493 e. The zero-order valence-corrected chi connectivity index (χ0v) is 20.1. The number of amides is 2. The molecule has 2 aliphatic heterocycles. The largest absolute Gasteiger partial charge is 0.493 e. The first kappa shape index (κ1) is 23.4. The molecular formula is C29H26N2O5. The predicted octanol–water partition coefficient (Wildman–Crippen LogP) is 4.67. The highest BCUT2D eigenvalue weighted by molar-refractivity contribution is 6.16. The maximum atomic E-state index is 14.0. The van der Waals surface area contributed by atoms with Crippen molar-refractivity contribution < 1.29 is 23.8 Å². The van der Waals surface area contributed by atoms with Crippen molar-refractivity contribution in [2.24, 2.45) is 0 Å². The molecule has 3 aromatic carbocycles. The van der Waals surface area contributed by atoms with Gasteiger partial charge < -0.3 is 19.1 Å². The minimum absolute atomic E-state index is 0.196. The highest BCUT2D eigenvalue weighted by atomic mass is 16.5. The molecule has 36 heavy (non-hydrogen) atoms. The zero-order valence-electron chi connectivity index (χ0n) is 20.1. The number of methoxy groups -OCH3 is 2. The first-order valence-electron chi connectivity index (χ1n) is 11.5. The van der Waals surface area contributed by atoms with Crippen LogP contribution >= 0.6 is 0 Å². The van der Waals surface area contributed by atoms with Crippen molar-refractivity contribution in [2.75, 3.05) is 30.6 Å². The summed E-state index contributed by atoms with van der Waals surface area (Å²) in [6.45, 7) is 4.29. The third-order valence-electron chi connectivity index (χ3n) is 6.44. The minimum atomic E-state index is -1.62. The van der Waals surface area contributed by atoms with E-state index in [1.807, 2.05) is 54.6 Å². The summed E-state index contributed by atoms with van der Waals surface area (Å²) < 4.78 is 17.0. The van der Waals surface area contributed by atoms with Crippen molar-refractivity contribution in [1.82, 2.24) is 0 Å². The molecule has 1 spiro atoms. The molecule has 5 rings (SSSR count). The Hall–Kier alpha value is -4.36. The van der Waals surface area contributed by atoms with Crippen LogP contribution in [0.4, 0.5) is 11.4 Å². The number of benzene rings is 3. The molecule has 0 bridgehead atoms. The van der Waals surface area contributed by atoms with E-state index in [1.54, 1.807) is 43.4 Å².